The Kier molecular flexibility index (Phi) is 5.92. The summed E-state index contributed by atoms with van der Waals surface area (Å²) in [7, 11) is 0. The van der Waals surface area contributed by atoms with E-state index in [0.29, 0.717) is 44.5 Å². The van der Waals surface area contributed by atoms with Crippen molar-refractivity contribution in [1.82, 2.24) is 19.7 Å². The molecule has 2 aromatic carbocycles. The minimum atomic E-state index is -0.142. The largest absolute Gasteiger partial charge is 0.338 e. The molecule has 0 fully saturated rings. The first kappa shape index (κ1) is 20.6. The van der Waals surface area contributed by atoms with Crippen LogP contribution >= 0.6 is 23.4 Å². The first-order chi connectivity index (χ1) is 14.5. The number of thioether (sulfide) groups is 1. The zero-order chi connectivity index (χ0) is 21.3. The number of aryl methyl sites for hydroxylation is 1. The molecule has 1 atom stereocenters. The molecule has 0 aliphatic heterocycles. The molecule has 0 aliphatic carbocycles. The maximum Gasteiger partial charge on any atom is 0.266 e. The molecule has 1 unspecified atom stereocenters. The molecule has 6 nitrogen and oxygen atoms in total. The van der Waals surface area contributed by atoms with Gasteiger partial charge in [0.15, 0.2) is 11.0 Å². The Morgan fingerprint density at radius 2 is 1.93 bits per heavy atom. The van der Waals surface area contributed by atoms with E-state index in [1.807, 2.05) is 12.1 Å². The number of hydrogen-bond donors (Lipinski definition) is 0. The second-order valence-corrected chi connectivity index (χ2v) is 8.50. The summed E-state index contributed by atoms with van der Waals surface area (Å²) in [6.07, 6.45) is 1.06. The quantitative estimate of drug-likeness (QED) is 0.289. The van der Waals surface area contributed by atoms with Crippen LogP contribution in [0.3, 0.4) is 0 Å². The van der Waals surface area contributed by atoms with Crippen molar-refractivity contribution in [3.63, 3.8) is 0 Å². The fourth-order valence-electron chi connectivity index (χ4n) is 3.18. The molecule has 0 amide bonds. The van der Waals surface area contributed by atoms with E-state index < -0.39 is 0 Å². The third kappa shape index (κ3) is 4.13. The van der Waals surface area contributed by atoms with Gasteiger partial charge in [0.2, 0.25) is 5.89 Å². The van der Waals surface area contributed by atoms with Crippen LogP contribution in [0.2, 0.25) is 5.02 Å². The Morgan fingerprint density at radius 1 is 1.17 bits per heavy atom. The fraction of sp³-hybridized carbons (Fsp3) is 0.273. The number of aromatic nitrogens is 4. The molecule has 0 aliphatic rings. The predicted octanol–water partition coefficient (Wildman–Crippen LogP) is 5.54. The van der Waals surface area contributed by atoms with Crippen LogP contribution in [0, 0.1) is 6.92 Å². The number of hydrogen-bond acceptors (Lipinski definition) is 6. The molecule has 0 spiro atoms. The van der Waals surface area contributed by atoms with E-state index in [9.17, 15) is 4.79 Å². The molecular formula is C22H21ClN4O2S. The lowest BCUT2D eigenvalue weighted by Gasteiger charge is -2.14. The SMILES string of the molecule is CCC(C)c1ccc(-n2c(SCc3nc(C)no3)nc3cc(Cl)ccc3c2=O)cc1. The number of rotatable bonds is 6. The van der Waals surface area contributed by atoms with Gasteiger partial charge in [0, 0.05) is 5.02 Å². The minimum absolute atomic E-state index is 0.142. The third-order valence-corrected chi connectivity index (χ3v) is 6.19. The highest BCUT2D eigenvalue weighted by Crippen LogP contribution is 2.26. The summed E-state index contributed by atoms with van der Waals surface area (Å²) in [5, 5.41) is 5.41. The average molecular weight is 441 g/mol. The third-order valence-electron chi connectivity index (χ3n) is 5.03. The Labute approximate surface area is 183 Å². The number of fused-ring (bicyclic) bond motifs is 1. The molecule has 0 bridgehead atoms. The highest BCUT2D eigenvalue weighted by Gasteiger charge is 2.16. The summed E-state index contributed by atoms with van der Waals surface area (Å²) in [4.78, 5) is 22.3. The van der Waals surface area contributed by atoms with Crippen LogP contribution in [0.1, 0.15) is 43.5 Å². The highest BCUT2D eigenvalue weighted by molar-refractivity contribution is 7.98. The van der Waals surface area contributed by atoms with Gasteiger partial charge in [-0.3, -0.25) is 9.36 Å². The van der Waals surface area contributed by atoms with Crippen LogP contribution in [0.4, 0.5) is 0 Å². The number of nitrogens with zero attached hydrogens (tertiary/aromatic N) is 4. The normalized spacial score (nSPS) is 12.4. The van der Waals surface area contributed by atoms with Crippen molar-refractivity contribution in [2.45, 2.75) is 44.0 Å². The van der Waals surface area contributed by atoms with E-state index in [4.69, 9.17) is 21.1 Å². The van der Waals surface area contributed by atoms with E-state index in [-0.39, 0.29) is 5.56 Å². The maximum atomic E-state index is 13.4. The van der Waals surface area contributed by atoms with Gasteiger partial charge in [-0.25, -0.2) is 4.98 Å². The molecule has 8 heteroatoms. The van der Waals surface area contributed by atoms with Crippen LogP contribution < -0.4 is 5.56 Å². The lowest BCUT2D eigenvalue weighted by Crippen LogP contribution is -2.21. The van der Waals surface area contributed by atoms with E-state index in [1.54, 1.807) is 29.7 Å². The number of halogens is 1. The van der Waals surface area contributed by atoms with Gasteiger partial charge >= 0.3 is 0 Å². The van der Waals surface area contributed by atoms with Gasteiger partial charge in [0.1, 0.15) is 0 Å². The van der Waals surface area contributed by atoms with Gasteiger partial charge in [-0.15, -0.1) is 0 Å². The van der Waals surface area contributed by atoms with Crippen LogP contribution in [0.5, 0.6) is 0 Å². The van der Waals surface area contributed by atoms with Crippen molar-refractivity contribution in [1.29, 1.82) is 0 Å². The molecule has 2 aromatic heterocycles. The molecule has 4 rings (SSSR count). The standard InChI is InChI=1S/C22H21ClN4O2S/c1-4-13(2)15-5-8-17(9-6-15)27-21(28)18-10-7-16(23)11-19(18)25-22(27)30-12-20-24-14(3)26-29-20/h5-11,13H,4,12H2,1-3H3. The van der Waals surface area contributed by atoms with Crippen LogP contribution in [0.25, 0.3) is 16.6 Å². The van der Waals surface area contributed by atoms with Crippen molar-refractivity contribution < 1.29 is 4.52 Å². The van der Waals surface area contributed by atoms with Gasteiger partial charge in [-0.05, 0) is 55.2 Å². The Morgan fingerprint density at radius 3 is 2.60 bits per heavy atom. The first-order valence-electron chi connectivity index (χ1n) is 9.71. The Bertz CT molecular complexity index is 1250. The smallest absolute Gasteiger partial charge is 0.266 e. The monoisotopic (exact) mass is 440 g/mol. The molecule has 0 N–H and O–H groups in total. The second-order valence-electron chi connectivity index (χ2n) is 7.12. The fourth-order valence-corrected chi connectivity index (χ4v) is 4.19. The van der Waals surface area contributed by atoms with Gasteiger partial charge in [-0.2, -0.15) is 4.98 Å². The Hall–Kier alpha value is -2.64. The van der Waals surface area contributed by atoms with Gasteiger partial charge in [-0.1, -0.05) is 54.5 Å². The highest BCUT2D eigenvalue weighted by atomic mass is 35.5. The number of benzene rings is 2. The van der Waals surface area contributed by atoms with Gasteiger partial charge < -0.3 is 4.52 Å². The van der Waals surface area contributed by atoms with Gasteiger partial charge in [0.05, 0.1) is 22.3 Å². The molecule has 2 heterocycles. The molecular weight excluding hydrogens is 420 g/mol. The second kappa shape index (κ2) is 8.62. The van der Waals surface area contributed by atoms with E-state index >= 15 is 0 Å². The summed E-state index contributed by atoms with van der Waals surface area (Å²) in [6.45, 7) is 6.12. The average Bonchev–Trinajstić information content (AvgIpc) is 3.17. The van der Waals surface area contributed by atoms with Crippen molar-refractivity contribution in [3.8, 4) is 5.69 Å². The molecule has 0 saturated carbocycles. The van der Waals surface area contributed by atoms with Crippen molar-refractivity contribution in [3.05, 3.63) is 75.1 Å². The van der Waals surface area contributed by atoms with E-state index in [1.165, 1.54) is 17.3 Å². The van der Waals surface area contributed by atoms with Crippen molar-refractivity contribution >= 4 is 34.3 Å². The molecule has 0 saturated heterocycles. The molecule has 154 valence electrons. The minimum Gasteiger partial charge on any atom is -0.338 e. The van der Waals surface area contributed by atoms with Crippen LogP contribution in [0.15, 0.2) is 56.9 Å². The van der Waals surface area contributed by atoms with E-state index in [2.05, 4.69) is 36.1 Å². The maximum absolute atomic E-state index is 13.4. The Balaban J connectivity index is 1.82. The predicted molar refractivity (Wildman–Crippen MR) is 120 cm³/mol. The van der Waals surface area contributed by atoms with Gasteiger partial charge in [0.25, 0.3) is 5.56 Å². The summed E-state index contributed by atoms with van der Waals surface area (Å²) < 4.78 is 6.83. The van der Waals surface area contributed by atoms with E-state index in [0.717, 1.165) is 12.1 Å². The summed E-state index contributed by atoms with van der Waals surface area (Å²) >= 11 is 7.50. The first-order valence-corrected chi connectivity index (χ1v) is 11.1. The zero-order valence-electron chi connectivity index (χ0n) is 16.9. The zero-order valence-corrected chi connectivity index (χ0v) is 18.5. The lowest BCUT2D eigenvalue weighted by atomic mass is 9.98. The molecule has 30 heavy (non-hydrogen) atoms. The topological polar surface area (TPSA) is 73.8 Å². The summed E-state index contributed by atoms with van der Waals surface area (Å²) in [6, 6.07) is 13.2. The summed E-state index contributed by atoms with van der Waals surface area (Å²) in [5.41, 5.74) is 2.42. The van der Waals surface area contributed by atoms with Crippen molar-refractivity contribution in [2.75, 3.05) is 0 Å². The lowest BCUT2D eigenvalue weighted by molar-refractivity contribution is 0.387. The molecule has 0 radical (unpaired) electrons. The van der Waals surface area contributed by atoms with Crippen LogP contribution in [-0.4, -0.2) is 19.7 Å². The van der Waals surface area contributed by atoms with Crippen molar-refractivity contribution in [2.24, 2.45) is 0 Å². The van der Waals surface area contributed by atoms with Crippen LogP contribution in [-0.2, 0) is 5.75 Å². The molecule has 4 aromatic rings. The summed E-state index contributed by atoms with van der Waals surface area (Å²) in [5.74, 6) is 1.92.